The zero-order chi connectivity index (χ0) is 6.41. The molecule has 44 valence electrons. The van der Waals surface area contributed by atoms with Crippen molar-refractivity contribution in [2.24, 2.45) is 0 Å². The largest absolute Gasteiger partial charge is 0.0877 e. The fourth-order valence-corrected chi connectivity index (χ4v) is 0.344. The van der Waals surface area contributed by atoms with Crippen molar-refractivity contribution in [3.63, 3.8) is 0 Å². The number of hydrogen-bond acceptors (Lipinski definition) is 0. The highest BCUT2D eigenvalue weighted by molar-refractivity contribution is 6.30. The Morgan fingerprint density at radius 1 is 1.50 bits per heavy atom. The van der Waals surface area contributed by atoms with Crippen molar-refractivity contribution in [2.45, 2.75) is 6.92 Å². The van der Waals surface area contributed by atoms with E-state index in [9.17, 15) is 0 Å². The summed E-state index contributed by atoms with van der Waals surface area (Å²) in [4.78, 5) is 0. The van der Waals surface area contributed by atoms with Gasteiger partial charge in [0, 0.05) is 5.03 Å². The molecular weight excluding hydrogens is 120 g/mol. The second kappa shape index (κ2) is 4.66. The monoisotopic (exact) mass is 128 g/mol. The third kappa shape index (κ3) is 5.51. The van der Waals surface area contributed by atoms with E-state index in [1.807, 2.05) is 25.2 Å². The quantitative estimate of drug-likeness (QED) is 0.502. The molecule has 0 saturated carbocycles. The van der Waals surface area contributed by atoms with Gasteiger partial charge in [-0.3, -0.25) is 0 Å². The van der Waals surface area contributed by atoms with Crippen LogP contribution in [0.4, 0.5) is 0 Å². The van der Waals surface area contributed by atoms with E-state index in [-0.39, 0.29) is 0 Å². The molecule has 0 spiro atoms. The summed E-state index contributed by atoms with van der Waals surface area (Å²) >= 11 is 5.40. The second-order valence-electron chi connectivity index (χ2n) is 1.33. The van der Waals surface area contributed by atoms with Crippen molar-refractivity contribution in [1.82, 2.24) is 0 Å². The maximum Gasteiger partial charge on any atom is 0.0334 e. The molecule has 0 heterocycles. The molecule has 0 nitrogen and oxygen atoms in total. The summed E-state index contributed by atoms with van der Waals surface area (Å²) in [6.45, 7) is 5.42. The van der Waals surface area contributed by atoms with Gasteiger partial charge in [-0.05, 0) is 13.0 Å². The van der Waals surface area contributed by atoms with Crippen LogP contribution in [0, 0.1) is 0 Å². The molecule has 0 N–H and O–H groups in total. The van der Waals surface area contributed by atoms with Gasteiger partial charge in [0.1, 0.15) is 0 Å². The molecule has 0 aliphatic rings. The third-order valence-electron chi connectivity index (χ3n) is 0.581. The Bertz CT molecular complexity index is 120. The Hall–Kier alpha value is -0.490. The fourth-order valence-electron chi connectivity index (χ4n) is 0.271. The second-order valence-corrected chi connectivity index (χ2v) is 1.82. The summed E-state index contributed by atoms with van der Waals surface area (Å²) in [6, 6.07) is 0. The molecular formula is C7H9Cl. The maximum atomic E-state index is 5.40. The summed E-state index contributed by atoms with van der Waals surface area (Å²) in [5.41, 5.74) is 0. The summed E-state index contributed by atoms with van der Waals surface area (Å²) in [7, 11) is 0. The van der Waals surface area contributed by atoms with Gasteiger partial charge in [-0.2, -0.15) is 0 Å². The van der Waals surface area contributed by atoms with E-state index < -0.39 is 0 Å². The summed E-state index contributed by atoms with van der Waals surface area (Å²) < 4.78 is 0. The number of allylic oxidation sites excluding steroid dienone is 5. The fraction of sp³-hybridized carbons (Fsp3) is 0.143. The molecule has 0 aliphatic heterocycles. The van der Waals surface area contributed by atoms with Crippen molar-refractivity contribution in [1.29, 1.82) is 0 Å². The van der Waals surface area contributed by atoms with Gasteiger partial charge < -0.3 is 0 Å². The van der Waals surface area contributed by atoms with E-state index in [0.29, 0.717) is 5.03 Å². The lowest BCUT2D eigenvalue weighted by molar-refractivity contribution is 1.73. The lowest BCUT2D eigenvalue weighted by Crippen LogP contribution is -1.52. The van der Waals surface area contributed by atoms with Gasteiger partial charge in [-0.15, -0.1) is 0 Å². The smallest absolute Gasteiger partial charge is 0.0334 e. The van der Waals surface area contributed by atoms with Gasteiger partial charge in [0.15, 0.2) is 0 Å². The van der Waals surface area contributed by atoms with Gasteiger partial charge >= 0.3 is 0 Å². The zero-order valence-corrected chi connectivity index (χ0v) is 5.65. The van der Waals surface area contributed by atoms with Gasteiger partial charge in [0.05, 0.1) is 0 Å². The van der Waals surface area contributed by atoms with Crippen LogP contribution in [0.2, 0.25) is 0 Å². The minimum Gasteiger partial charge on any atom is -0.0877 e. The molecule has 0 aromatic heterocycles. The van der Waals surface area contributed by atoms with Gasteiger partial charge in [-0.1, -0.05) is 36.4 Å². The van der Waals surface area contributed by atoms with E-state index in [1.54, 1.807) is 6.08 Å². The Balaban J connectivity index is 3.50. The van der Waals surface area contributed by atoms with Crippen molar-refractivity contribution in [3.05, 3.63) is 35.9 Å². The molecule has 0 aliphatic carbocycles. The van der Waals surface area contributed by atoms with Crippen molar-refractivity contribution >= 4 is 11.6 Å². The van der Waals surface area contributed by atoms with Crippen LogP contribution in [0.1, 0.15) is 6.92 Å². The van der Waals surface area contributed by atoms with Crippen LogP contribution in [-0.4, -0.2) is 0 Å². The van der Waals surface area contributed by atoms with Crippen molar-refractivity contribution in [2.75, 3.05) is 0 Å². The molecule has 0 saturated heterocycles. The molecule has 0 amide bonds. The van der Waals surface area contributed by atoms with Crippen LogP contribution in [-0.2, 0) is 0 Å². The Labute approximate surface area is 55.2 Å². The molecule has 0 atom stereocenters. The number of hydrogen-bond donors (Lipinski definition) is 0. The molecule has 0 radical (unpaired) electrons. The van der Waals surface area contributed by atoms with Crippen LogP contribution >= 0.6 is 11.6 Å². The number of rotatable bonds is 2. The first-order valence-electron chi connectivity index (χ1n) is 2.41. The average molecular weight is 129 g/mol. The number of halogens is 1. The van der Waals surface area contributed by atoms with Crippen molar-refractivity contribution < 1.29 is 0 Å². The third-order valence-corrected chi connectivity index (χ3v) is 0.707. The van der Waals surface area contributed by atoms with Crippen LogP contribution in [0.15, 0.2) is 35.9 Å². The maximum absolute atomic E-state index is 5.40. The standard InChI is InChI=1S/C7H9Cl/c1-3-4-5-6-7(2)8/h3-6H,2H2,1H3. The molecule has 0 rings (SSSR count). The predicted molar refractivity (Wildman–Crippen MR) is 38.9 cm³/mol. The summed E-state index contributed by atoms with van der Waals surface area (Å²) in [5.74, 6) is 0. The minimum atomic E-state index is 0.558. The van der Waals surface area contributed by atoms with Crippen LogP contribution in [0.25, 0.3) is 0 Å². The van der Waals surface area contributed by atoms with E-state index in [4.69, 9.17) is 11.6 Å². The van der Waals surface area contributed by atoms with Gasteiger partial charge in [0.2, 0.25) is 0 Å². The molecule has 0 fully saturated rings. The Morgan fingerprint density at radius 3 is 2.50 bits per heavy atom. The van der Waals surface area contributed by atoms with Gasteiger partial charge in [-0.25, -0.2) is 0 Å². The zero-order valence-electron chi connectivity index (χ0n) is 4.89. The van der Waals surface area contributed by atoms with E-state index >= 15 is 0 Å². The summed E-state index contributed by atoms with van der Waals surface area (Å²) in [5, 5.41) is 0.558. The molecule has 0 aromatic rings. The first-order chi connectivity index (χ1) is 3.77. The van der Waals surface area contributed by atoms with Crippen LogP contribution in [0.5, 0.6) is 0 Å². The highest BCUT2D eigenvalue weighted by Gasteiger charge is 1.69. The SMILES string of the molecule is C=C(Cl)C=CC=CC. The lowest BCUT2D eigenvalue weighted by atomic mass is 10.4. The van der Waals surface area contributed by atoms with Crippen LogP contribution < -0.4 is 0 Å². The van der Waals surface area contributed by atoms with Crippen molar-refractivity contribution in [3.8, 4) is 0 Å². The highest BCUT2D eigenvalue weighted by Crippen LogP contribution is 1.96. The van der Waals surface area contributed by atoms with Crippen LogP contribution in [0.3, 0.4) is 0 Å². The molecule has 8 heavy (non-hydrogen) atoms. The summed E-state index contributed by atoms with van der Waals surface area (Å²) in [6.07, 6.45) is 7.40. The van der Waals surface area contributed by atoms with E-state index in [2.05, 4.69) is 6.58 Å². The highest BCUT2D eigenvalue weighted by atomic mass is 35.5. The van der Waals surface area contributed by atoms with Gasteiger partial charge in [0.25, 0.3) is 0 Å². The Kier molecular flexibility index (Phi) is 4.38. The first kappa shape index (κ1) is 7.51. The Morgan fingerprint density at radius 2 is 2.12 bits per heavy atom. The average Bonchev–Trinajstić information content (AvgIpc) is 1.66. The topological polar surface area (TPSA) is 0 Å². The molecule has 0 unspecified atom stereocenters. The molecule has 0 bridgehead atoms. The van der Waals surface area contributed by atoms with E-state index in [1.165, 1.54) is 0 Å². The molecule has 1 heteroatoms. The minimum absolute atomic E-state index is 0.558. The first-order valence-corrected chi connectivity index (χ1v) is 2.79. The normalized spacial score (nSPS) is 11.2. The van der Waals surface area contributed by atoms with E-state index in [0.717, 1.165) is 0 Å². The lowest BCUT2D eigenvalue weighted by Gasteiger charge is -1.75. The predicted octanol–water partition coefficient (Wildman–Crippen LogP) is 2.87. The molecule has 0 aromatic carbocycles.